The first-order valence-corrected chi connectivity index (χ1v) is 7.68. The van der Waals surface area contributed by atoms with Crippen LogP contribution in [0.25, 0.3) is 0 Å². The molecule has 2 N–H and O–H groups in total. The van der Waals surface area contributed by atoms with Crippen LogP contribution in [0.1, 0.15) is 13.8 Å². The van der Waals surface area contributed by atoms with Crippen LogP contribution in [0.15, 0.2) is 24.3 Å². The zero-order valence-corrected chi connectivity index (χ0v) is 13.1. The third-order valence-corrected chi connectivity index (χ3v) is 3.84. The first-order chi connectivity index (χ1) is 10.6. The Kier molecular flexibility index (Phi) is 6.15. The van der Waals surface area contributed by atoms with Gasteiger partial charge in [0.2, 0.25) is 0 Å². The normalized spacial score (nSPS) is 17.3. The van der Waals surface area contributed by atoms with Crippen LogP contribution in [0.4, 0.5) is 14.9 Å². The molecule has 0 spiro atoms. The van der Waals surface area contributed by atoms with Gasteiger partial charge in [-0.3, -0.25) is 4.90 Å². The topological polar surface area (TPSA) is 53.6 Å². The second-order valence-electron chi connectivity index (χ2n) is 5.81. The molecule has 1 heterocycles. The number of carbonyl (C=O) groups is 1. The maximum absolute atomic E-state index is 13.1. The first kappa shape index (κ1) is 16.7. The SMILES string of the molecule is CC(C)[C@H](CNC(=O)Nc1cccc(F)c1)N1CCOCC1. The Hall–Kier alpha value is -1.66. The highest BCUT2D eigenvalue weighted by Crippen LogP contribution is 2.13. The Morgan fingerprint density at radius 3 is 2.73 bits per heavy atom. The van der Waals surface area contributed by atoms with Gasteiger partial charge in [-0.25, -0.2) is 9.18 Å². The average molecular weight is 309 g/mol. The smallest absolute Gasteiger partial charge is 0.319 e. The quantitative estimate of drug-likeness (QED) is 0.877. The van der Waals surface area contributed by atoms with Crippen molar-refractivity contribution in [3.8, 4) is 0 Å². The van der Waals surface area contributed by atoms with Crippen molar-refractivity contribution in [1.29, 1.82) is 0 Å². The highest BCUT2D eigenvalue weighted by Gasteiger charge is 2.24. The second-order valence-corrected chi connectivity index (χ2v) is 5.81. The van der Waals surface area contributed by atoms with E-state index in [1.807, 2.05) is 0 Å². The summed E-state index contributed by atoms with van der Waals surface area (Å²) in [5.41, 5.74) is 0.449. The Morgan fingerprint density at radius 2 is 2.09 bits per heavy atom. The van der Waals surface area contributed by atoms with E-state index in [2.05, 4.69) is 29.4 Å². The van der Waals surface area contributed by atoms with E-state index in [4.69, 9.17) is 4.74 Å². The molecule has 1 aromatic rings. The standard InChI is InChI=1S/C16H24FN3O2/c1-12(2)15(20-6-8-22-9-7-20)11-18-16(21)19-14-5-3-4-13(17)10-14/h3-5,10,12,15H,6-9,11H2,1-2H3,(H2,18,19,21)/t15-/m0/s1. The van der Waals surface area contributed by atoms with Gasteiger partial charge in [0.05, 0.1) is 13.2 Å². The molecular formula is C16H24FN3O2. The Morgan fingerprint density at radius 1 is 1.36 bits per heavy atom. The number of carbonyl (C=O) groups excluding carboxylic acids is 1. The number of rotatable bonds is 5. The van der Waals surface area contributed by atoms with Crippen LogP contribution < -0.4 is 10.6 Å². The van der Waals surface area contributed by atoms with Gasteiger partial charge >= 0.3 is 6.03 Å². The summed E-state index contributed by atoms with van der Waals surface area (Å²) in [6.07, 6.45) is 0. The van der Waals surface area contributed by atoms with Crippen molar-refractivity contribution in [2.24, 2.45) is 5.92 Å². The summed E-state index contributed by atoms with van der Waals surface area (Å²) in [5, 5.41) is 5.52. The van der Waals surface area contributed by atoms with Crippen molar-refractivity contribution in [2.75, 3.05) is 38.2 Å². The molecule has 1 aromatic carbocycles. The predicted octanol–water partition coefficient (Wildman–Crippen LogP) is 2.30. The van der Waals surface area contributed by atoms with E-state index in [1.54, 1.807) is 12.1 Å². The summed E-state index contributed by atoms with van der Waals surface area (Å²) in [7, 11) is 0. The number of amides is 2. The first-order valence-electron chi connectivity index (χ1n) is 7.68. The number of ether oxygens (including phenoxy) is 1. The number of nitrogens with one attached hydrogen (secondary N) is 2. The van der Waals surface area contributed by atoms with Crippen molar-refractivity contribution in [3.63, 3.8) is 0 Å². The molecule has 6 heteroatoms. The number of hydrogen-bond acceptors (Lipinski definition) is 3. The molecule has 1 atom stereocenters. The van der Waals surface area contributed by atoms with Gasteiger partial charge in [-0.15, -0.1) is 0 Å². The van der Waals surface area contributed by atoms with Crippen LogP contribution >= 0.6 is 0 Å². The van der Waals surface area contributed by atoms with Crippen LogP contribution in [0.3, 0.4) is 0 Å². The van der Waals surface area contributed by atoms with E-state index >= 15 is 0 Å². The van der Waals surface area contributed by atoms with Crippen molar-refractivity contribution >= 4 is 11.7 Å². The molecule has 1 aliphatic rings. The van der Waals surface area contributed by atoms with Gasteiger partial charge in [0.25, 0.3) is 0 Å². The summed E-state index contributed by atoms with van der Waals surface area (Å²) in [6, 6.07) is 5.81. The minimum Gasteiger partial charge on any atom is -0.379 e. The van der Waals surface area contributed by atoms with Crippen LogP contribution in [-0.2, 0) is 4.74 Å². The fraction of sp³-hybridized carbons (Fsp3) is 0.562. The zero-order valence-electron chi connectivity index (χ0n) is 13.1. The van der Waals surface area contributed by atoms with E-state index in [9.17, 15) is 9.18 Å². The number of benzene rings is 1. The van der Waals surface area contributed by atoms with Gasteiger partial charge in [0.15, 0.2) is 0 Å². The fourth-order valence-corrected chi connectivity index (χ4v) is 2.63. The Balaban J connectivity index is 1.84. The monoisotopic (exact) mass is 309 g/mol. The Labute approximate surface area is 130 Å². The van der Waals surface area contributed by atoms with E-state index < -0.39 is 0 Å². The largest absolute Gasteiger partial charge is 0.379 e. The summed E-state index contributed by atoms with van der Waals surface area (Å²) >= 11 is 0. The molecule has 1 saturated heterocycles. The number of anilines is 1. The van der Waals surface area contributed by atoms with Crippen LogP contribution in [-0.4, -0.2) is 49.8 Å². The van der Waals surface area contributed by atoms with Crippen molar-refractivity contribution < 1.29 is 13.9 Å². The average Bonchev–Trinajstić information content (AvgIpc) is 2.48. The van der Waals surface area contributed by atoms with E-state index in [0.29, 0.717) is 18.2 Å². The van der Waals surface area contributed by atoms with Crippen molar-refractivity contribution in [3.05, 3.63) is 30.1 Å². The molecule has 0 aromatic heterocycles. The minimum atomic E-state index is -0.369. The minimum absolute atomic E-state index is 0.266. The molecule has 1 fully saturated rings. The van der Waals surface area contributed by atoms with Crippen molar-refractivity contribution in [1.82, 2.24) is 10.2 Å². The molecule has 122 valence electrons. The molecule has 1 aliphatic heterocycles. The second kappa shape index (κ2) is 8.10. The maximum Gasteiger partial charge on any atom is 0.319 e. The molecule has 5 nitrogen and oxygen atoms in total. The molecule has 0 aliphatic carbocycles. The van der Waals surface area contributed by atoms with Gasteiger partial charge in [-0.2, -0.15) is 0 Å². The van der Waals surface area contributed by atoms with Crippen molar-refractivity contribution in [2.45, 2.75) is 19.9 Å². The molecule has 22 heavy (non-hydrogen) atoms. The lowest BCUT2D eigenvalue weighted by atomic mass is 10.0. The third-order valence-electron chi connectivity index (χ3n) is 3.84. The van der Waals surface area contributed by atoms with Gasteiger partial charge in [0, 0.05) is 31.4 Å². The molecule has 0 saturated carbocycles. The number of morpholine rings is 1. The predicted molar refractivity (Wildman–Crippen MR) is 84.4 cm³/mol. The fourth-order valence-electron chi connectivity index (χ4n) is 2.63. The molecule has 0 unspecified atom stereocenters. The van der Waals surface area contributed by atoms with Gasteiger partial charge < -0.3 is 15.4 Å². The summed E-state index contributed by atoms with van der Waals surface area (Å²) < 4.78 is 18.5. The lowest BCUT2D eigenvalue weighted by molar-refractivity contribution is 0.00728. The number of halogens is 1. The number of urea groups is 1. The molecular weight excluding hydrogens is 285 g/mol. The lowest BCUT2D eigenvalue weighted by Gasteiger charge is -2.36. The van der Waals surface area contributed by atoms with Crippen LogP contribution in [0, 0.1) is 11.7 Å². The molecule has 2 rings (SSSR count). The van der Waals surface area contributed by atoms with E-state index in [1.165, 1.54) is 12.1 Å². The zero-order chi connectivity index (χ0) is 15.9. The maximum atomic E-state index is 13.1. The van der Waals surface area contributed by atoms with E-state index in [-0.39, 0.29) is 17.9 Å². The molecule has 2 amide bonds. The molecule has 0 bridgehead atoms. The molecule has 0 radical (unpaired) electrons. The summed E-state index contributed by atoms with van der Waals surface area (Å²) in [5.74, 6) is 0.0544. The number of nitrogens with zero attached hydrogens (tertiary/aromatic N) is 1. The highest BCUT2D eigenvalue weighted by molar-refractivity contribution is 5.89. The number of hydrogen-bond donors (Lipinski definition) is 2. The van der Waals surface area contributed by atoms with Crippen LogP contribution in [0.5, 0.6) is 0 Å². The van der Waals surface area contributed by atoms with Gasteiger partial charge in [0.1, 0.15) is 5.82 Å². The summed E-state index contributed by atoms with van der Waals surface area (Å²) in [6.45, 7) is 8.08. The van der Waals surface area contributed by atoms with Gasteiger partial charge in [-0.05, 0) is 24.1 Å². The lowest BCUT2D eigenvalue weighted by Crippen LogP contribution is -2.51. The van der Waals surface area contributed by atoms with E-state index in [0.717, 1.165) is 26.3 Å². The highest BCUT2D eigenvalue weighted by atomic mass is 19.1. The van der Waals surface area contributed by atoms with Gasteiger partial charge in [-0.1, -0.05) is 19.9 Å². The summed E-state index contributed by atoms with van der Waals surface area (Å²) in [4.78, 5) is 14.3. The Bertz CT molecular complexity index is 490. The third kappa shape index (κ3) is 4.96. The van der Waals surface area contributed by atoms with Crippen LogP contribution in [0.2, 0.25) is 0 Å².